The van der Waals surface area contributed by atoms with Crippen molar-refractivity contribution in [2.45, 2.75) is 6.36 Å². The summed E-state index contributed by atoms with van der Waals surface area (Å²) < 4.78 is 60.5. The molecule has 2 N–H and O–H groups in total. The van der Waals surface area contributed by atoms with Gasteiger partial charge in [0.25, 0.3) is 0 Å². The Balaban J connectivity index is 2.15. The molecule has 0 saturated heterocycles. The van der Waals surface area contributed by atoms with Crippen LogP contribution < -0.4 is 15.5 Å². The molecule has 26 heavy (non-hydrogen) atoms. The largest absolute Gasteiger partial charge is 0.573 e. The van der Waals surface area contributed by atoms with E-state index in [4.69, 9.17) is 10.5 Å². The number of cyclic esters (lactones) is 1. The summed E-state index contributed by atoms with van der Waals surface area (Å²) in [6.45, 7) is -0.0607. The third kappa shape index (κ3) is 3.53. The summed E-state index contributed by atoms with van der Waals surface area (Å²) in [6, 6.07) is 7.28. The lowest BCUT2D eigenvalue weighted by Crippen LogP contribution is -2.32. The summed E-state index contributed by atoms with van der Waals surface area (Å²) in [4.78, 5) is 11.8. The molecule has 3 rings (SSSR count). The summed E-state index contributed by atoms with van der Waals surface area (Å²) in [5.74, 6) is -1.28. The van der Waals surface area contributed by atoms with E-state index in [1.807, 2.05) is 0 Å². The number of anilines is 2. The van der Waals surface area contributed by atoms with E-state index in [0.29, 0.717) is 0 Å². The van der Waals surface area contributed by atoms with Gasteiger partial charge in [-0.25, -0.2) is 9.18 Å². The standard InChI is InChI=1S/C16H11F4N3O3/c17-10-3-1-9(2-4-10)11-5-6-12(23-15(24)25-8-7-22-23)13(21)14(11)26-16(18,19)20/h1-7H,8,21H2. The topological polar surface area (TPSA) is 77.1 Å². The number of rotatable bonds is 3. The maximum atomic E-state index is 13.1. The number of alkyl halides is 3. The first-order valence-corrected chi connectivity index (χ1v) is 7.20. The van der Waals surface area contributed by atoms with Crippen molar-refractivity contribution in [3.63, 3.8) is 0 Å². The first-order valence-electron chi connectivity index (χ1n) is 7.20. The quantitative estimate of drug-likeness (QED) is 0.657. The number of ether oxygens (including phenoxy) is 2. The van der Waals surface area contributed by atoms with Gasteiger partial charge in [-0.1, -0.05) is 12.1 Å². The maximum Gasteiger partial charge on any atom is 0.573 e. The summed E-state index contributed by atoms with van der Waals surface area (Å²) in [6.07, 6.45) is -4.68. The van der Waals surface area contributed by atoms with Gasteiger partial charge < -0.3 is 15.2 Å². The van der Waals surface area contributed by atoms with Gasteiger partial charge in [-0.15, -0.1) is 13.2 Å². The normalized spacial score (nSPS) is 14.3. The van der Waals surface area contributed by atoms with E-state index in [0.717, 1.165) is 17.1 Å². The van der Waals surface area contributed by atoms with Crippen molar-refractivity contribution < 1.29 is 31.8 Å². The number of nitrogens with two attached hydrogens (primary N) is 1. The van der Waals surface area contributed by atoms with E-state index in [2.05, 4.69) is 9.84 Å². The molecule has 0 bridgehead atoms. The monoisotopic (exact) mass is 369 g/mol. The van der Waals surface area contributed by atoms with Crippen LogP contribution in [0.4, 0.5) is 33.7 Å². The Hall–Kier alpha value is -3.30. The Bertz CT molecular complexity index is 866. The lowest BCUT2D eigenvalue weighted by Gasteiger charge is -2.23. The molecule has 0 unspecified atom stereocenters. The van der Waals surface area contributed by atoms with E-state index in [9.17, 15) is 22.4 Å². The molecule has 0 atom stereocenters. The highest BCUT2D eigenvalue weighted by Crippen LogP contribution is 2.43. The van der Waals surface area contributed by atoms with Crippen LogP contribution in [0.2, 0.25) is 0 Å². The Morgan fingerprint density at radius 2 is 1.85 bits per heavy atom. The predicted molar refractivity (Wildman–Crippen MR) is 85.3 cm³/mol. The second-order valence-corrected chi connectivity index (χ2v) is 5.12. The molecule has 10 heteroatoms. The number of hydrogen-bond acceptors (Lipinski definition) is 5. The number of amides is 1. The number of benzene rings is 2. The highest BCUT2D eigenvalue weighted by Gasteiger charge is 2.35. The lowest BCUT2D eigenvalue weighted by molar-refractivity contribution is -0.274. The van der Waals surface area contributed by atoms with Crippen LogP contribution in [0.5, 0.6) is 5.75 Å². The van der Waals surface area contributed by atoms with Crippen molar-refractivity contribution >= 4 is 23.7 Å². The van der Waals surface area contributed by atoms with E-state index in [-0.39, 0.29) is 23.4 Å². The van der Waals surface area contributed by atoms with E-state index >= 15 is 0 Å². The van der Waals surface area contributed by atoms with Gasteiger partial charge in [0.15, 0.2) is 5.75 Å². The van der Waals surface area contributed by atoms with E-state index in [1.54, 1.807) is 0 Å². The van der Waals surface area contributed by atoms with Crippen LogP contribution in [-0.2, 0) is 4.74 Å². The molecular formula is C16H11F4N3O3. The van der Waals surface area contributed by atoms with Gasteiger partial charge in [0.2, 0.25) is 0 Å². The first kappa shape index (κ1) is 17.5. The van der Waals surface area contributed by atoms with Crippen LogP contribution in [0, 0.1) is 5.82 Å². The summed E-state index contributed by atoms with van der Waals surface area (Å²) >= 11 is 0. The second kappa shape index (κ2) is 6.54. The minimum absolute atomic E-state index is 0.0297. The molecule has 0 aliphatic carbocycles. The molecule has 6 nitrogen and oxygen atoms in total. The van der Waals surface area contributed by atoms with Crippen molar-refractivity contribution in [2.24, 2.45) is 5.10 Å². The number of nitrogen functional groups attached to an aromatic ring is 1. The van der Waals surface area contributed by atoms with Gasteiger partial charge in [-0.05, 0) is 29.8 Å². The number of nitrogens with zero attached hydrogens (tertiary/aromatic N) is 2. The zero-order chi connectivity index (χ0) is 18.9. The van der Waals surface area contributed by atoms with Gasteiger partial charge in [0, 0.05) is 5.56 Å². The number of carbonyl (C=O) groups excluding carboxylic acids is 1. The van der Waals surface area contributed by atoms with E-state index < -0.39 is 29.7 Å². The van der Waals surface area contributed by atoms with Gasteiger partial charge in [0.05, 0.1) is 11.9 Å². The molecule has 2 aromatic rings. The van der Waals surface area contributed by atoms with Crippen LogP contribution in [0.15, 0.2) is 41.5 Å². The summed E-state index contributed by atoms with van der Waals surface area (Å²) in [5.41, 5.74) is 5.43. The number of carbonyl (C=O) groups is 1. The Morgan fingerprint density at radius 1 is 1.15 bits per heavy atom. The molecule has 0 fully saturated rings. The number of halogens is 4. The smallest absolute Gasteiger partial charge is 0.442 e. The average molecular weight is 369 g/mol. The van der Waals surface area contributed by atoms with Crippen molar-refractivity contribution in [1.29, 1.82) is 0 Å². The fraction of sp³-hybridized carbons (Fsp3) is 0.125. The molecule has 0 radical (unpaired) electrons. The molecule has 0 aromatic heterocycles. The van der Waals surface area contributed by atoms with Crippen molar-refractivity contribution in [2.75, 3.05) is 17.3 Å². The molecule has 2 aromatic carbocycles. The third-order valence-electron chi connectivity index (χ3n) is 3.43. The Labute approximate surface area is 144 Å². The van der Waals surface area contributed by atoms with E-state index in [1.165, 1.54) is 30.5 Å². The molecule has 1 amide bonds. The van der Waals surface area contributed by atoms with Gasteiger partial charge in [0.1, 0.15) is 18.1 Å². The molecule has 1 aliphatic heterocycles. The maximum absolute atomic E-state index is 13.1. The summed E-state index contributed by atoms with van der Waals surface area (Å²) in [5, 5.41) is 4.48. The SMILES string of the molecule is Nc1c(N2N=CCOC2=O)ccc(-c2ccc(F)cc2)c1OC(F)(F)F. The molecule has 136 valence electrons. The minimum atomic E-state index is -5.03. The zero-order valence-electron chi connectivity index (χ0n) is 13.0. The number of hydrogen-bond donors (Lipinski definition) is 1. The average Bonchev–Trinajstić information content (AvgIpc) is 2.57. The third-order valence-corrected chi connectivity index (χ3v) is 3.43. The van der Waals surface area contributed by atoms with Crippen molar-refractivity contribution in [3.05, 3.63) is 42.2 Å². The highest BCUT2D eigenvalue weighted by molar-refractivity contribution is 5.97. The molecule has 1 aliphatic rings. The van der Waals surface area contributed by atoms with Gasteiger partial charge in [-0.3, -0.25) is 0 Å². The minimum Gasteiger partial charge on any atom is -0.442 e. The van der Waals surface area contributed by atoms with Crippen LogP contribution >= 0.6 is 0 Å². The Kier molecular flexibility index (Phi) is 4.41. The highest BCUT2D eigenvalue weighted by atomic mass is 19.4. The van der Waals surface area contributed by atoms with Crippen molar-refractivity contribution in [3.8, 4) is 16.9 Å². The molecular weight excluding hydrogens is 358 g/mol. The van der Waals surface area contributed by atoms with Crippen LogP contribution in [0.25, 0.3) is 11.1 Å². The van der Waals surface area contributed by atoms with Crippen molar-refractivity contribution in [1.82, 2.24) is 0 Å². The Morgan fingerprint density at radius 3 is 2.46 bits per heavy atom. The number of hydrazone groups is 1. The van der Waals surface area contributed by atoms with Gasteiger partial charge >= 0.3 is 12.5 Å². The zero-order valence-corrected chi connectivity index (χ0v) is 13.0. The van der Waals surface area contributed by atoms with Gasteiger partial charge in [-0.2, -0.15) is 10.1 Å². The fourth-order valence-electron chi connectivity index (χ4n) is 2.35. The summed E-state index contributed by atoms with van der Waals surface area (Å²) in [7, 11) is 0. The lowest BCUT2D eigenvalue weighted by atomic mass is 10.0. The molecule has 0 saturated carbocycles. The fourth-order valence-corrected chi connectivity index (χ4v) is 2.35. The molecule has 0 spiro atoms. The van der Waals surface area contributed by atoms with Crippen LogP contribution in [-0.4, -0.2) is 25.3 Å². The van der Waals surface area contributed by atoms with Crippen LogP contribution in [0.1, 0.15) is 0 Å². The molecule has 1 heterocycles. The second-order valence-electron chi connectivity index (χ2n) is 5.12. The van der Waals surface area contributed by atoms with Crippen LogP contribution in [0.3, 0.4) is 0 Å². The first-order chi connectivity index (χ1) is 12.3. The predicted octanol–water partition coefficient (Wildman–Crippen LogP) is 3.92.